The molecule has 3 rings (SSSR count). The molecule has 7 heteroatoms. The van der Waals surface area contributed by atoms with E-state index in [0.717, 1.165) is 5.56 Å². The van der Waals surface area contributed by atoms with Crippen molar-refractivity contribution in [2.75, 3.05) is 13.3 Å². The zero-order chi connectivity index (χ0) is 16.1. The first-order valence-corrected chi connectivity index (χ1v) is 7.06. The molecule has 0 unspecified atom stereocenters. The molecule has 0 fully saturated rings. The number of ether oxygens (including phenoxy) is 2. The monoisotopic (exact) mass is 313 g/mol. The van der Waals surface area contributed by atoms with Gasteiger partial charge >= 0.3 is 0 Å². The van der Waals surface area contributed by atoms with Crippen LogP contribution in [0.4, 0.5) is 0 Å². The Balaban J connectivity index is 1.48. The number of rotatable bonds is 5. The van der Waals surface area contributed by atoms with Crippen LogP contribution in [0.25, 0.3) is 0 Å². The predicted molar refractivity (Wildman–Crippen MR) is 81.0 cm³/mol. The first-order valence-electron chi connectivity index (χ1n) is 7.06. The second-order valence-corrected chi connectivity index (χ2v) is 4.88. The molecule has 0 aliphatic carbocycles. The zero-order valence-corrected chi connectivity index (χ0v) is 12.2. The normalized spacial score (nSPS) is 11.8. The molecular weight excluding hydrogens is 298 g/mol. The maximum absolute atomic E-state index is 12.0. The van der Waals surface area contributed by atoms with Crippen LogP contribution in [-0.4, -0.2) is 30.1 Å². The number of carbonyl (C=O) groups excluding carboxylic acids is 2. The third kappa shape index (κ3) is 3.76. The molecule has 0 saturated heterocycles. The predicted octanol–water partition coefficient (Wildman–Crippen LogP) is 0.856. The van der Waals surface area contributed by atoms with E-state index in [-0.39, 0.29) is 25.2 Å². The molecule has 2 amide bonds. The van der Waals surface area contributed by atoms with Crippen molar-refractivity contribution in [3.8, 4) is 11.5 Å². The van der Waals surface area contributed by atoms with E-state index >= 15 is 0 Å². The van der Waals surface area contributed by atoms with E-state index in [1.807, 2.05) is 12.1 Å². The largest absolute Gasteiger partial charge is 0.454 e. The quantitative estimate of drug-likeness (QED) is 0.854. The van der Waals surface area contributed by atoms with Crippen LogP contribution >= 0.6 is 0 Å². The van der Waals surface area contributed by atoms with E-state index in [1.54, 1.807) is 30.6 Å². The van der Waals surface area contributed by atoms with Crippen LogP contribution in [0.1, 0.15) is 15.9 Å². The fourth-order valence-corrected chi connectivity index (χ4v) is 2.06. The Morgan fingerprint density at radius 2 is 1.83 bits per heavy atom. The van der Waals surface area contributed by atoms with Crippen molar-refractivity contribution < 1.29 is 19.1 Å². The van der Waals surface area contributed by atoms with Crippen LogP contribution in [0.2, 0.25) is 0 Å². The van der Waals surface area contributed by atoms with Gasteiger partial charge < -0.3 is 20.1 Å². The van der Waals surface area contributed by atoms with Gasteiger partial charge in [0.25, 0.3) is 5.91 Å². The van der Waals surface area contributed by atoms with Crippen molar-refractivity contribution >= 4 is 11.8 Å². The van der Waals surface area contributed by atoms with Crippen LogP contribution in [0, 0.1) is 0 Å². The van der Waals surface area contributed by atoms with Gasteiger partial charge in [-0.15, -0.1) is 0 Å². The zero-order valence-electron chi connectivity index (χ0n) is 12.2. The number of amides is 2. The lowest BCUT2D eigenvalue weighted by Gasteiger charge is -2.07. The number of fused-ring (bicyclic) bond motifs is 1. The molecule has 1 aromatic heterocycles. The topological polar surface area (TPSA) is 89.6 Å². The minimum absolute atomic E-state index is 0.0989. The Hall–Kier alpha value is -3.09. The van der Waals surface area contributed by atoms with Gasteiger partial charge in [0.05, 0.1) is 6.54 Å². The summed E-state index contributed by atoms with van der Waals surface area (Å²) in [5.74, 6) is 0.523. The number of pyridine rings is 1. The molecule has 2 aromatic rings. The number of hydrogen-bond acceptors (Lipinski definition) is 5. The Kier molecular flexibility index (Phi) is 4.37. The average Bonchev–Trinajstić information content (AvgIpc) is 3.06. The van der Waals surface area contributed by atoms with Crippen molar-refractivity contribution in [1.29, 1.82) is 0 Å². The van der Waals surface area contributed by atoms with Gasteiger partial charge in [-0.05, 0) is 35.9 Å². The van der Waals surface area contributed by atoms with Gasteiger partial charge in [0, 0.05) is 24.5 Å². The number of aromatic nitrogens is 1. The van der Waals surface area contributed by atoms with Gasteiger partial charge in [-0.3, -0.25) is 14.6 Å². The van der Waals surface area contributed by atoms with E-state index in [0.29, 0.717) is 23.6 Å². The molecule has 0 radical (unpaired) electrons. The highest BCUT2D eigenvalue weighted by molar-refractivity contribution is 5.97. The van der Waals surface area contributed by atoms with Crippen molar-refractivity contribution in [2.24, 2.45) is 0 Å². The summed E-state index contributed by atoms with van der Waals surface area (Å²) < 4.78 is 10.4. The fraction of sp³-hybridized carbons (Fsp3) is 0.188. The van der Waals surface area contributed by atoms with E-state index < -0.39 is 0 Å². The molecular formula is C16H15N3O4. The standard InChI is InChI=1S/C16H15N3O4/c20-15(18-8-11-3-5-17-6-4-11)9-19-16(21)12-1-2-13-14(7-12)23-10-22-13/h1-7H,8-10H2,(H,18,20)(H,19,21). The van der Waals surface area contributed by atoms with Gasteiger partial charge in [0.2, 0.25) is 12.7 Å². The number of hydrogen-bond donors (Lipinski definition) is 2. The maximum atomic E-state index is 12.0. The smallest absolute Gasteiger partial charge is 0.251 e. The molecule has 0 bridgehead atoms. The highest BCUT2D eigenvalue weighted by atomic mass is 16.7. The highest BCUT2D eigenvalue weighted by Crippen LogP contribution is 2.32. The summed E-state index contributed by atoms with van der Waals surface area (Å²) in [5.41, 5.74) is 1.35. The Morgan fingerprint density at radius 1 is 1.04 bits per heavy atom. The molecule has 1 aromatic carbocycles. The van der Waals surface area contributed by atoms with Gasteiger partial charge in [-0.2, -0.15) is 0 Å². The van der Waals surface area contributed by atoms with Gasteiger partial charge in [-0.25, -0.2) is 0 Å². The molecule has 1 aliphatic heterocycles. The minimum atomic E-state index is -0.345. The van der Waals surface area contributed by atoms with Crippen molar-refractivity contribution in [2.45, 2.75) is 6.54 Å². The molecule has 118 valence electrons. The number of carbonyl (C=O) groups is 2. The van der Waals surface area contributed by atoms with Crippen LogP contribution in [0.15, 0.2) is 42.7 Å². The van der Waals surface area contributed by atoms with Crippen molar-refractivity contribution in [3.05, 3.63) is 53.9 Å². The third-order valence-electron chi connectivity index (χ3n) is 3.28. The summed E-state index contributed by atoms with van der Waals surface area (Å²) >= 11 is 0. The molecule has 7 nitrogen and oxygen atoms in total. The summed E-state index contributed by atoms with van der Waals surface area (Å²) in [6.07, 6.45) is 3.31. The lowest BCUT2D eigenvalue weighted by atomic mass is 10.2. The van der Waals surface area contributed by atoms with Gasteiger partial charge in [0.1, 0.15) is 0 Å². The van der Waals surface area contributed by atoms with Gasteiger partial charge in [0.15, 0.2) is 11.5 Å². The second kappa shape index (κ2) is 6.78. The fourth-order valence-electron chi connectivity index (χ4n) is 2.06. The Morgan fingerprint density at radius 3 is 2.65 bits per heavy atom. The van der Waals surface area contributed by atoms with Crippen molar-refractivity contribution in [3.63, 3.8) is 0 Å². The first-order chi connectivity index (χ1) is 11.2. The number of nitrogens with zero attached hydrogens (tertiary/aromatic N) is 1. The first kappa shape index (κ1) is 14.8. The van der Waals surface area contributed by atoms with E-state index in [1.165, 1.54) is 0 Å². The number of nitrogens with one attached hydrogen (secondary N) is 2. The number of benzene rings is 1. The second-order valence-electron chi connectivity index (χ2n) is 4.88. The van der Waals surface area contributed by atoms with Gasteiger partial charge in [-0.1, -0.05) is 0 Å². The van der Waals surface area contributed by atoms with E-state index in [9.17, 15) is 9.59 Å². The average molecular weight is 313 g/mol. The summed E-state index contributed by atoms with van der Waals surface area (Å²) in [7, 11) is 0. The van der Waals surface area contributed by atoms with Crippen LogP contribution in [0.5, 0.6) is 11.5 Å². The summed E-state index contributed by atoms with van der Waals surface area (Å²) in [4.78, 5) is 27.7. The molecule has 0 spiro atoms. The lowest BCUT2D eigenvalue weighted by Crippen LogP contribution is -2.36. The van der Waals surface area contributed by atoms with Crippen molar-refractivity contribution in [1.82, 2.24) is 15.6 Å². The molecule has 2 N–H and O–H groups in total. The van der Waals surface area contributed by atoms with E-state index in [2.05, 4.69) is 15.6 Å². The van der Waals surface area contributed by atoms with Crippen LogP contribution < -0.4 is 20.1 Å². The molecule has 0 atom stereocenters. The summed E-state index contributed by atoms with van der Waals surface area (Å²) in [6.45, 7) is 0.442. The molecule has 2 heterocycles. The molecule has 23 heavy (non-hydrogen) atoms. The molecule has 1 aliphatic rings. The Labute approximate surface area is 132 Å². The highest BCUT2D eigenvalue weighted by Gasteiger charge is 2.16. The summed E-state index contributed by atoms with van der Waals surface area (Å²) in [6, 6.07) is 8.50. The minimum Gasteiger partial charge on any atom is -0.454 e. The van der Waals surface area contributed by atoms with Crippen LogP contribution in [-0.2, 0) is 11.3 Å². The molecule has 0 saturated carbocycles. The maximum Gasteiger partial charge on any atom is 0.251 e. The Bertz CT molecular complexity index is 719. The lowest BCUT2D eigenvalue weighted by molar-refractivity contribution is -0.120. The summed E-state index contributed by atoms with van der Waals surface area (Å²) in [5, 5.41) is 5.29. The van der Waals surface area contributed by atoms with E-state index in [4.69, 9.17) is 9.47 Å². The van der Waals surface area contributed by atoms with Crippen LogP contribution in [0.3, 0.4) is 0 Å². The SMILES string of the molecule is O=C(CNC(=O)c1ccc2c(c1)OCO2)NCc1ccncc1. The third-order valence-corrected chi connectivity index (χ3v) is 3.28.